The number of carbonyl (C=O) groups is 1. The molecule has 0 aromatic heterocycles. The van der Waals surface area contributed by atoms with E-state index >= 15 is 0 Å². The van der Waals surface area contributed by atoms with Crippen LogP contribution in [0.2, 0.25) is 0 Å². The first-order chi connectivity index (χ1) is 9.15. The second-order valence-corrected chi connectivity index (χ2v) is 5.83. The summed E-state index contributed by atoms with van der Waals surface area (Å²) in [5.74, 6) is 0.918. The van der Waals surface area contributed by atoms with Crippen molar-refractivity contribution in [1.29, 1.82) is 0 Å². The summed E-state index contributed by atoms with van der Waals surface area (Å²) in [6, 6.07) is 8.22. The van der Waals surface area contributed by atoms with Crippen LogP contribution in [-0.4, -0.2) is 19.0 Å². The van der Waals surface area contributed by atoms with Gasteiger partial charge in [-0.25, -0.2) is 0 Å². The highest BCUT2D eigenvalue weighted by molar-refractivity contribution is 5.92. The summed E-state index contributed by atoms with van der Waals surface area (Å²) in [5.41, 5.74) is 2.23. The first-order valence-electron chi connectivity index (χ1n) is 7.25. The van der Waals surface area contributed by atoms with Crippen molar-refractivity contribution in [3.05, 3.63) is 29.8 Å². The maximum atomic E-state index is 12.1. The van der Waals surface area contributed by atoms with Crippen LogP contribution in [0.5, 0.6) is 0 Å². The lowest BCUT2D eigenvalue weighted by Gasteiger charge is -2.21. The predicted molar refractivity (Wildman–Crippen MR) is 79.2 cm³/mol. The van der Waals surface area contributed by atoms with Gasteiger partial charge in [0, 0.05) is 12.2 Å². The molecule has 1 aromatic carbocycles. The largest absolute Gasteiger partial charge is 0.326 e. The first kappa shape index (κ1) is 14.1. The van der Waals surface area contributed by atoms with Gasteiger partial charge in [0.25, 0.3) is 0 Å². The lowest BCUT2D eigenvalue weighted by Crippen LogP contribution is -2.37. The van der Waals surface area contributed by atoms with E-state index in [9.17, 15) is 4.79 Å². The fraction of sp³-hybridized carbons (Fsp3) is 0.562. The Kier molecular flexibility index (Phi) is 4.97. The molecular weight excluding hydrogens is 236 g/mol. The second-order valence-electron chi connectivity index (χ2n) is 5.83. The van der Waals surface area contributed by atoms with Crippen LogP contribution in [0, 0.1) is 11.8 Å². The average molecular weight is 260 g/mol. The van der Waals surface area contributed by atoms with Gasteiger partial charge in [-0.1, -0.05) is 26.0 Å². The van der Waals surface area contributed by atoms with Crippen LogP contribution in [0.25, 0.3) is 0 Å². The standard InChI is InChI=1S/C16H24N2O/c1-12(2)10-13-5-7-15(8-6-13)18-16(19)14-4-3-9-17-11-14/h5-8,12,14,17H,3-4,9-11H2,1-2H3,(H,18,19). The molecular formula is C16H24N2O. The van der Waals surface area contributed by atoms with Crippen LogP contribution in [0.3, 0.4) is 0 Å². The summed E-state index contributed by atoms with van der Waals surface area (Å²) in [4.78, 5) is 12.1. The molecule has 0 aliphatic carbocycles. The number of nitrogens with one attached hydrogen (secondary N) is 2. The Hall–Kier alpha value is -1.35. The predicted octanol–water partition coefficient (Wildman–Crippen LogP) is 2.82. The van der Waals surface area contributed by atoms with Gasteiger partial charge in [-0.15, -0.1) is 0 Å². The Balaban J connectivity index is 1.89. The van der Waals surface area contributed by atoms with Gasteiger partial charge in [0.15, 0.2) is 0 Å². The first-order valence-corrected chi connectivity index (χ1v) is 7.25. The molecule has 1 unspecified atom stereocenters. The van der Waals surface area contributed by atoms with Crippen molar-refractivity contribution in [1.82, 2.24) is 5.32 Å². The van der Waals surface area contributed by atoms with Gasteiger partial charge in [-0.05, 0) is 49.4 Å². The third kappa shape index (κ3) is 4.35. The van der Waals surface area contributed by atoms with Crippen LogP contribution in [0.15, 0.2) is 24.3 Å². The molecule has 1 heterocycles. The maximum absolute atomic E-state index is 12.1. The van der Waals surface area contributed by atoms with E-state index in [2.05, 4.69) is 36.6 Å². The molecule has 1 fully saturated rings. The molecule has 1 aliphatic heterocycles. The minimum Gasteiger partial charge on any atom is -0.326 e. The number of hydrogen-bond acceptors (Lipinski definition) is 2. The van der Waals surface area contributed by atoms with E-state index in [1.54, 1.807) is 0 Å². The minimum atomic E-state index is 0.115. The smallest absolute Gasteiger partial charge is 0.228 e. The number of benzene rings is 1. The van der Waals surface area contributed by atoms with E-state index in [4.69, 9.17) is 0 Å². The summed E-state index contributed by atoms with van der Waals surface area (Å²) in [6.45, 7) is 6.27. The van der Waals surface area contributed by atoms with Crippen LogP contribution in [0.1, 0.15) is 32.3 Å². The molecule has 1 aliphatic rings. The van der Waals surface area contributed by atoms with Crippen LogP contribution in [-0.2, 0) is 11.2 Å². The molecule has 1 aromatic rings. The zero-order valence-electron chi connectivity index (χ0n) is 11.9. The van der Waals surface area contributed by atoms with E-state index in [1.165, 1.54) is 5.56 Å². The fourth-order valence-corrected chi connectivity index (χ4v) is 2.52. The summed E-state index contributed by atoms with van der Waals surface area (Å²) >= 11 is 0. The molecule has 0 spiro atoms. The molecule has 1 amide bonds. The molecule has 2 N–H and O–H groups in total. The third-order valence-corrected chi connectivity index (χ3v) is 3.53. The highest BCUT2D eigenvalue weighted by Gasteiger charge is 2.20. The topological polar surface area (TPSA) is 41.1 Å². The van der Waals surface area contributed by atoms with Crippen LogP contribution in [0.4, 0.5) is 5.69 Å². The maximum Gasteiger partial charge on any atom is 0.228 e. The minimum absolute atomic E-state index is 0.115. The molecule has 1 saturated heterocycles. The molecule has 19 heavy (non-hydrogen) atoms. The van der Waals surface area contributed by atoms with Gasteiger partial charge in [0.05, 0.1) is 5.92 Å². The van der Waals surface area contributed by atoms with Gasteiger partial charge in [0.1, 0.15) is 0 Å². The average Bonchev–Trinajstić information content (AvgIpc) is 2.41. The summed E-state index contributed by atoms with van der Waals surface area (Å²) < 4.78 is 0. The number of hydrogen-bond donors (Lipinski definition) is 2. The molecule has 0 bridgehead atoms. The van der Waals surface area contributed by atoms with Gasteiger partial charge in [0.2, 0.25) is 5.91 Å². The quantitative estimate of drug-likeness (QED) is 0.874. The Labute approximate surface area is 115 Å². The monoisotopic (exact) mass is 260 g/mol. The van der Waals surface area contributed by atoms with Crippen LogP contribution < -0.4 is 10.6 Å². The highest BCUT2D eigenvalue weighted by Crippen LogP contribution is 2.16. The van der Waals surface area contributed by atoms with E-state index in [-0.39, 0.29) is 11.8 Å². The number of carbonyl (C=O) groups excluding carboxylic acids is 1. The molecule has 0 radical (unpaired) electrons. The van der Waals surface area contributed by atoms with E-state index in [0.29, 0.717) is 5.92 Å². The van der Waals surface area contributed by atoms with Crippen molar-refractivity contribution in [2.45, 2.75) is 33.1 Å². The van der Waals surface area contributed by atoms with Gasteiger partial charge < -0.3 is 10.6 Å². The number of piperidine rings is 1. The fourth-order valence-electron chi connectivity index (χ4n) is 2.52. The number of amides is 1. The van der Waals surface area contributed by atoms with Crippen molar-refractivity contribution < 1.29 is 4.79 Å². The Morgan fingerprint density at radius 2 is 2.11 bits per heavy atom. The Bertz CT molecular complexity index is 405. The van der Waals surface area contributed by atoms with Gasteiger partial charge >= 0.3 is 0 Å². The van der Waals surface area contributed by atoms with E-state index in [0.717, 1.165) is 38.0 Å². The van der Waals surface area contributed by atoms with Crippen molar-refractivity contribution in [2.24, 2.45) is 11.8 Å². The third-order valence-electron chi connectivity index (χ3n) is 3.53. The molecule has 3 heteroatoms. The Morgan fingerprint density at radius 1 is 1.37 bits per heavy atom. The molecule has 2 rings (SSSR count). The normalized spacial score (nSPS) is 19.4. The lowest BCUT2D eigenvalue weighted by molar-refractivity contribution is -0.120. The highest BCUT2D eigenvalue weighted by atomic mass is 16.1. The Morgan fingerprint density at radius 3 is 2.68 bits per heavy atom. The molecule has 1 atom stereocenters. The summed E-state index contributed by atoms with van der Waals surface area (Å²) in [6.07, 6.45) is 3.16. The van der Waals surface area contributed by atoms with Gasteiger partial charge in [-0.3, -0.25) is 4.79 Å². The zero-order chi connectivity index (χ0) is 13.7. The van der Waals surface area contributed by atoms with E-state index < -0.39 is 0 Å². The number of anilines is 1. The number of rotatable bonds is 4. The van der Waals surface area contributed by atoms with Crippen molar-refractivity contribution in [3.8, 4) is 0 Å². The SMILES string of the molecule is CC(C)Cc1ccc(NC(=O)C2CCCNC2)cc1. The van der Waals surface area contributed by atoms with Crippen molar-refractivity contribution in [2.75, 3.05) is 18.4 Å². The van der Waals surface area contributed by atoms with Crippen LogP contribution >= 0.6 is 0 Å². The summed E-state index contributed by atoms with van der Waals surface area (Å²) in [5, 5.41) is 6.28. The molecule has 0 saturated carbocycles. The summed E-state index contributed by atoms with van der Waals surface area (Å²) in [7, 11) is 0. The molecule has 3 nitrogen and oxygen atoms in total. The lowest BCUT2D eigenvalue weighted by atomic mass is 9.98. The van der Waals surface area contributed by atoms with Crippen molar-refractivity contribution >= 4 is 11.6 Å². The zero-order valence-corrected chi connectivity index (χ0v) is 11.9. The van der Waals surface area contributed by atoms with Gasteiger partial charge in [-0.2, -0.15) is 0 Å². The van der Waals surface area contributed by atoms with E-state index in [1.807, 2.05) is 12.1 Å². The molecule has 104 valence electrons. The van der Waals surface area contributed by atoms with Crippen molar-refractivity contribution in [3.63, 3.8) is 0 Å². The second kappa shape index (κ2) is 6.71.